The summed E-state index contributed by atoms with van der Waals surface area (Å²) in [5.74, 6) is -5.06. The highest BCUT2D eigenvalue weighted by Gasteiger charge is 2.32. The van der Waals surface area contributed by atoms with Crippen molar-refractivity contribution in [3.05, 3.63) is 71.0 Å². The number of carbonyl (C=O) groups is 1. The highest BCUT2D eigenvalue weighted by atomic mass is 19.2. The van der Waals surface area contributed by atoms with Crippen molar-refractivity contribution >= 4 is 5.91 Å². The average Bonchev–Trinajstić information content (AvgIpc) is 2.62. The summed E-state index contributed by atoms with van der Waals surface area (Å²) < 4.78 is 46.2. The molecule has 0 bridgehead atoms. The van der Waals surface area contributed by atoms with Crippen molar-refractivity contribution in [2.75, 3.05) is 13.2 Å². The van der Waals surface area contributed by atoms with E-state index in [0.29, 0.717) is 13.0 Å². The number of benzene rings is 2. The Kier molecular flexibility index (Phi) is 5.08. The SMILES string of the molecule is CC1COC(Cc2ccccc2)CN1C(=O)c1ccc(F)c(F)c1F. The molecule has 132 valence electrons. The number of rotatable bonds is 3. The van der Waals surface area contributed by atoms with Gasteiger partial charge in [0.2, 0.25) is 0 Å². The average molecular weight is 349 g/mol. The second-order valence-corrected chi connectivity index (χ2v) is 6.17. The predicted octanol–water partition coefficient (Wildman–Crippen LogP) is 3.58. The molecule has 6 heteroatoms. The number of hydrogen-bond acceptors (Lipinski definition) is 2. The van der Waals surface area contributed by atoms with Gasteiger partial charge in [-0.2, -0.15) is 0 Å². The summed E-state index contributed by atoms with van der Waals surface area (Å²) in [6.07, 6.45) is 0.369. The lowest BCUT2D eigenvalue weighted by Gasteiger charge is -2.38. The summed E-state index contributed by atoms with van der Waals surface area (Å²) in [6, 6.07) is 11.1. The van der Waals surface area contributed by atoms with Crippen LogP contribution in [0, 0.1) is 17.5 Å². The van der Waals surface area contributed by atoms with Gasteiger partial charge in [-0.25, -0.2) is 13.2 Å². The van der Waals surface area contributed by atoms with Crippen LogP contribution in [0.1, 0.15) is 22.8 Å². The first kappa shape index (κ1) is 17.5. The van der Waals surface area contributed by atoms with Crippen molar-refractivity contribution in [2.45, 2.75) is 25.5 Å². The van der Waals surface area contributed by atoms with E-state index in [2.05, 4.69) is 0 Å². The third-order valence-electron chi connectivity index (χ3n) is 4.34. The van der Waals surface area contributed by atoms with Crippen LogP contribution in [0.4, 0.5) is 13.2 Å². The van der Waals surface area contributed by atoms with Gasteiger partial charge in [0.1, 0.15) is 0 Å². The number of halogens is 3. The van der Waals surface area contributed by atoms with Crippen molar-refractivity contribution in [1.82, 2.24) is 4.90 Å². The monoisotopic (exact) mass is 349 g/mol. The smallest absolute Gasteiger partial charge is 0.257 e. The molecule has 2 atom stereocenters. The molecule has 0 spiro atoms. The Morgan fingerprint density at radius 1 is 1.12 bits per heavy atom. The Hall–Kier alpha value is -2.34. The normalized spacial score (nSPS) is 20.6. The van der Waals surface area contributed by atoms with Gasteiger partial charge in [0.15, 0.2) is 17.5 Å². The summed E-state index contributed by atoms with van der Waals surface area (Å²) in [5, 5.41) is 0. The topological polar surface area (TPSA) is 29.5 Å². The molecule has 3 nitrogen and oxygen atoms in total. The number of carbonyl (C=O) groups excluding carboxylic acids is 1. The molecule has 0 saturated carbocycles. The highest BCUT2D eigenvalue weighted by Crippen LogP contribution is 2.22. The summed E-state index contributed by atoms with van der Waals surface area (Å²) in [6.45, 7) is 2.33. The molecule has 0 aliphatic carbocycles. The molecule has 1 saturated heterocycles. The first-order chi connectivity index (χ1) is 12.0. The van der Waals surface area contributed by atoms with Crippen molar-refractivity contribution in [1.29, 1.82) is 0 Å². The van der Waals surface area contributed by atoms with Crippen molar-refractivity contribution in [3.63, 3.8) is 0 Å². The van der Waals surface area contributed by atoms with Crippen molar-refractivity contribution in [2.24, 2.45) is 0 Å². The number of ether oxygens (including phenoxy) is 1. The van der Waals surface area contributed by atoms with E-state index in [0.717, 1.165) is 17.7 Å². The van der Waals surface area contributed by atoms with Gasteiger partial charge in [0, 0.05) is 13.0 Å². The first-order valence-corrected chi connectivity index (χ1v) is 8.07. The molecular formula is C19H18F3NO2. The Bertz CT molecular complexity index is 767. The van der Waals surface area contributed by atoms with E-state index in [-0.39, 0.29) is 18.7 Å². The molecule has 1 heterocycles. The maximum absolute atomic E-state index is 13.9. The lowest BCUT2D eigenvalue weighted by atomic mass is 10.0. The molecule has 1 fully saturated rings. The molecule has 1 amide bonds. The second kappa shape index (κ2) is 7.27. The lowest BCUT2D eigenvalue weighted by Crippen LogP contribution is -2.51. The molecule has 0 N–H and O–H groups in total. The van der Waals surface area contributed by atoms with Crippen LogP contribution in [0.5, 0.6) is 0 Å². The van der Waals surface area contributed by atoms with E-state index in [1.807, 2.05) is 30.3 Å². The number of morpholine rings is 1. The van der Waals surface area contributed by atoms with Gasteiger partial charge >= 0.3 is 0 Å². The molecule has 2 unspecified atom stereocenters. The van der Waals surface area contributed by atoms with E-state index in [1.54, 1.807) is 6.92 Å². The van der Waals surface area contributed by atoms with Gasteiger partial charge in [-0.1, -0.05) is 30.3 Å². The molecular weight excluding hydrogens is 331 g/mol. The molecule has 2 aromatic rings. The van der Waals surface area contributed by atoms with Crippen LogP contribution in [-0.4, -0.2) is 36.1 Å². The zero-order valence-corrected chi connectivity index (χ0v) is 13.7. The second-order valence-electron chi connectivity index (χ2n) is 6.17. The number of nitrogens with zero attached hydrogens (tertiary/aromatic N) is 1. The lowest BCUT2D eigenvalue weighted by molar-refractivity contribution is -0.0465. The van der Waals surface area contributed by atoms with E-state index >= 15 is 0 Å². The first-order valence-electron chi connectivity index (χ1n) is 8.07. The fourth-order valence-corrected chi connectivity index (χ4v) is 2.95. The Balaban J connectivity index is 1.78. The summed E-state index contributed by atoms with van der Waals surface area (Å²) in [4.78, 5) is 14.1. The maximum Gasteiger partial charge on any atom is 0.257 e. The zero-order valence-electron chi connectivity index (χ0n) is 13.7. The van der Waals surface area contributed by atoms with Crippen LogP contribution >= 0.6 is 0 Å². The fourth-order valence-electron chi connectivity index (χ4n) is 2.95. The number of hydrogen-bond donors (Lipinski definition) is 0. The van der Waals surface area contributed by atoms with E-state index in [1.165, 1.54) is 4.90 Å². The minimum atomic E-state index is -1.63. The summed E-state index contributed by atoms with van der Waals surface area (Å²) in [7, 11) is 0. The largest absolute Gasteiger partial charge is 0.374 e. The predicted molar refractivity (Wildman–Crippen MR) is 86.7 cm³/mol. The molecule has 0 aromatic heterocycles. The van der Waals surface area contributed by atoms with Gasteiger partial charge in [-0.3, -0.25) is 4.79 Å². The Morgan fingerprint density at radius 2 is 1.84 bits per heavy atom. The van der Waals surface area contributed by atoms with Gasteiger partial charge in [-0.15, -0.1) is 0 Å². The van der Waals surface area contributed by atoms with Crippen LogP contribution < -0.4 is 0 Å². The van der Waals surface area contributed by atoms with Gasteiger partial charge in [-0.05, 0) is 24.6 Å². The summed E-state index contributed by atoms with van der Waals surface area (Å²) in [5.41, 5.74) is 0.597. The van der Waals surface area contributed by atoms with Gasteiger partial charge in [0.05, 0.1) is 24.3 Å². The van der Waals surface area contributed by atoms with Crippen molar-refractivity contribution < 1.29 is 22.7 Å². The highest BCUT2D eigenvalue weighted by molar-refractivity contribution is 5.94. The number of amides is 1. The minimum Gasteiger partial charge on any atom is -0.374 e. The third-order valence-corrected chi connectivity index (χ3v) is 4.34. The minimum absolute atomic E-state index is 0.240. The standard InChI is InChI=1S/C19H18F3NO2/c1-12-11-25-14(9-13-5-3-2-4-6-13)10-23(12)19(24)15-7-8-16(20)18(22)17(15)21/h2-8,12,14H,9-11H2,1H3. The van der Waals surface area contributed by atoms with E-state index < -0.39 is 28.9 Å². The molecule has 1 aliphatic rings. The molecule has 25 heavy (non-hydrogen) atoms. The van der Waals surface area contributed by atoms with Crippen LogP contribution in [0.2, 0.25) is 0 Å². The molecule has 1 aliphatic heterocycles. The van der Waals surface area contributed by atoms with Crippen LogP contribution in [0.15, 0.2) is 42.5 Å². The van der Waals surface area contributed by atoms with Crippen molar-refractivity contribution in [3.8, 4) is 0 Å². The molecule has 0 radical (unpaired) electrons. The van der Waals surface area contributed by atoms with Crippen LogP contribution in [0.3, 0.4) is 0 Å². The van der Waals surface area contributed by atoms with Gasteiger partial charge < -0.3 is 9.64 Å². The van der Waals surface area contributed by atoms with Crippen LogP contribution in [-0.2, 0) is 11.2 Å². The zero-order chi connectivity index (χ0) is 18.0. The molecule has 2 aromatic carbocycles. The fraction of sp³-hybridized carbons (Fsp3) is 0.316. The molecule has 3 rings (SSSR count). The Labute approximate surface area is 144 Å². The van der Waals surface area contributed by atoms with Gasteiger partial charge in [0.25, 0.3) is 5.91 Å². The Morgan fingerprint density at radius 3 is 2.56 bits per heavy atom. The van der Waals surface area contributed by atoms with E-state index in [4.69, 9.17) is 4.74 Å². The quantitative estimate of drug-likeness (QED) is 0.793. The summed E-state index contributed by atoms with van der Waals surface area (Å²) >= 11 is 0. The maximum atomic E-state index is 13.9. The van der Waals surface area contributed by atoms with Crippen LogP contribution in [0.25, 0.3) is 0 Å². The van der Waals surface area contributed by atoms with E-state index in [9.17, 15) is 18.0 Å². The third kappa shape index (κ3) is 3.69.